The van der Waals surface area contributed by atoms with E-state index in [0.717, 1.165) is 21.4 Å². The number of aromatic nitrogens is 2. The van der Waals surface area contributed by atoms with E-state index in [2.05, 4.69) is 15.3 Å². The summed E-state index contributed by atoms with van der Waals surface area (Å²) in [5.74, 6) is 0. The molecule has 1 N–H and O–H groups in total. The third-order valence-corrected chi connectivity index (χ3v) is 5.47. The van der Waals surface area contributed by atoms with Crippen molar-refractivity contribution < 1.29 is 4.42 Å². The average Bonchev–Trinajstić information content (AvgIpc) is 3.12. The van der Waals surface area contributed by atoms with Crippen LogP contribution in [0.15, 0.2) is 28.7 Å². The lowest BCUT2D eigenvalue weighted by Gasteiger charge is -1.97. The van der Waals surface area contributed by atoms with Crippen molar-refractivity contribution in [1.82, 2.24) is 9.97 Å². The van der Waals surface area contributed by atoms with E-state index >= 15 is 0 Å². The second kappa shape index (κ2) is 5.37. The molecule has 0 aliphatic carbocycles. The topological polar surface area (TPSA) is 51.0 Å². The molecule has 2 heterocycles. The molecular formula is C16H11Cl2N3OS. The first-order valence-electron chi connectivity index (χ1n) is 6.91. The fourth-order valence-corrected chi connectivity index (χ4v) is 3.64. The van der Waals surface area contributed by atoms with Crippen molar-refractivity contribution >= 4 is 67.0 Å². The molecule has 0 bridgehead atoms. The number of nitrogens with one attached hydrogen (secondary N) is 1. The highest BCUT2D eigenvalue weighted by Gasteiger charge is 2.14. The van der Waals surface area contributed by atoms with Gasteiger partial charge >= 0.3 is 6.01 Å². The summed E-state index contributed by atoms with van der Waals surface area (Å²) < 4.78 is 6.77. The number of nitrogens with zero attached hydrogens (tertiary/aromatic N) is 2. The van der Waals surface area contributed by atoms with Gasteiger partial charge in [-0.1, -0.05) is 40.6 Å². The standard InChI is InChI=1S/C16H11Cl2N3OS/c1-7-3-5-10-14(8(7)2)22-15(19-10)21-16-20-13-11(23-16)6-4-9(17)12(13)18/h3-6H,1-2H3,(H,19,20,21). The molecule has 4 rings (SSSR count). The van der Waals surface area contributed by atoms with Crippen LogP contribution in [-0.2, 0) is 0 Å². The van der Waals surface area contributed by atoms with Crippen molar-refractivity contribution in [3.63, 3.8) is 0 Å². The summed E-state index contributed by atoms with van der Waals surface area (Å²) in [6.07, 6.45) is 0. The maximum absolute atomic E-state index is 6.19. The SMILES string of the molecule is Cc1ccc2nc(Nc3nc4c(Cl)c(Cl)ccc4s3)oc2c1C. The molecule has 0 aliphatic rings. The number of halogens is 2. The van der Waals surface area contributed by atoms with E-state index in [1.54, 1.807) is 6.07 Å². The van der Waals surface area contributed by atoms with Crippen molar-refractivity contribution in [3.8, 4) is 0 Å². The lowest BCUT2D eigenvalue weighted by atomic mass is 10.1. The van der Waals surface area contributed by atoms with Gasteiger partial charge in [0.25, 0.3) is 0 Å². The zero-order valence-electron chi connectivity index (χ0n) is 12.3. The predicted octanol–water partition coefficient (Wildman–Crippen LogP) is 6.10. The van der Waals surface area contributed by atoms with E-state index in [0.29, 0.717) is 26.7 Å². The number of thiazole rings is 1. The Morgan fingerprint density at radius 2 is 1.91 bits per heavy atom. The van der Waals surface area contributed by atoms with E-state index in [1.165, 1.54) is 16.9 Å². The Morgan fingerprint density at radius 3 is 2.74 bits per heavy atom. The zero-order chi connectivity index (χ0) is 16.1. The molecule has 0 fully saturated rings. The molecule has 4 aromatic rings. The van der Waals surface area contributed by atoms with Crippen LogP contribution >= 0.6 is 34.5 Å². The molecule has 116 valence electrons. The third kappa shape index (κ3) is 2.45. The largest absolute Gasteiger partial charge is 0.423 e. The Hall–Kier alpha value is -1.82. The van der Waals surface area contributed by atoms with Crippen LogP contribution in [0.4, 0.5) is 11.1 Å². The van der Waals surface area contributed by atoms with Gasteiger partial charge in [0.15, 0.2) is 10.7 Å². The minimum Gasteiger partial charge on any atom is -0.423 e. The molecule has 4 nitrogen and oxygen atoms in total. The van der Waals surface area contributed by atoms with Crippen molar-refractivity contribution in [2.45, 2.75) is 13.8 Å². The average molecular weight is 364 g/mol. The highest BCUT2D eigenvalue weighted by atomic mass is 35.5. The monoisotopic (exact) mass is 363 g/mol. The normalized spacial score (nSPS) is 11.5. The number of hydrogen-bond donors (Lipinski definition) is 1. The van der Waals surface area contributed by atoms with Gasteiger partial charge in [-0.15, -0.1) is 0 Å². The van der Waals surface area contributed by atoms with Crippen molar-refractivity contribution in [2.24, 2.45) is 0 Å². The molecule has 0 aliphatic heterocycles. The van der Waals surface area contributed by atoms with Gasteiger partial charge in [-0.05, 0) is 43.2 Å². The van der Waals surface area contributed by atoms with Gasteiger partial charge in [-0.2, -0.15) is 4.98 Å². The second-order valence-electron chi connectivity index (χ2n) is 5.23. The van der Waals surface area contributed by atoms with Gasteiger partial charge in [-0.3, -0.25) is 5.32 Å². The minimum atomic E-state index is 0.412. The molecule has 0 atom stereocenters. The third-order valence-electron chi connectivity index (χ3n) is 3.74. The Bertz CT molecular complexity index is 971. The van der Waals surface area contributed by atoms with Gasteiger partial charge < -0.3 is 4.42 Å². The summed E-state index contributed by atoms with van der Waals surface area (Å²) in [4.78, 5) is 8.92. The summed E-state index contributed by atoms with van der Waals surface area (Å²) in [6, 6.07) is 8.05. The Kier molecular flexibility index (Phi) is 3.44. The first-order chi connectivity index (χ1) is 11.0. The number of fused-ring (bicyclic) bond motifs is 2. The molecule has 7 heteroatoms. The molecule has 0 radical (unpaired) electrons. The molecule has 0 saturated heterocycles. The van der Waals surface area contributed by atoms with Gasteiger partial charge in [0, 0.05) is 0 Å². The molecule has 2 aromatic heterocycles. The summed E-state index contributed by atoms with van der Waals surface area (Å²) in [6.45, 7) is 4.07. The highest BCUT2D eigenvalue weighted by Crippen LogP contribution is 2.36. The van der Waals surface area contributed by atoms with Crippen LogP contribution in [0.1, 0.15) is 11.1 Å². The van der Waals surface area contributed by atoms with Crippen LogP contribution in [0.5, 0.6) is 0 Å². The number of oxazole rings is 1. The Balaban J connectivity index is 1.76. The molecule has 0 saturated carbocycles. The quantitative estimate of drug-likeness (QED) is 0.467. The summed E-state index contributed by atoms with van der Waals surface area (Å²) in [5, 5.41) is 4.71. The first kappa shape index (κ1) is 14.8. The molecule has 0 spiro atoms. The van der Waals surface area contributed by atoms with Gasteiger partial charge in [0.1, 0.15) is 11.0 Å². The predicted molar refractivity (Wildman–Crippen MR) is 96.4 cm³/mol. The Morgan fingerprint density at radius 1 is 1.09 bits per heavy atom. The van der Waals surface area contributed by atoms with Crippen LogP contribution in [-0.4, -0.2) is 9.97 Å². The van der Waals surface area contributed by atoms with Crippen LogP contribution < -0.4 is 5.32 Å². The number of benzene rings is 2. The van der Waals surface area contributed by atoms with Crippen molar-refractivity contribution in [3.05, 3.63) is 45.4 Å². The lowest BCUT2D eigenvalue weighted by Crippen LogP contribution is -1.88. The van der Waals surface area contributed by atoms with Crippen LogP contribution in [0, 0.1) is 13.8 Å². The molecule has 23 heavy (non-hydrogen) atoms. The number of anilines is 2. The summed E-state index contributed by atoms with van der Waals surface area (Å²) >= 11 is 13.7. The fourth-order valence-electron chi connectivity index (χ4n) is 2.36. The highest BCUT2D eigenvalue weighted by molar-refractivity contribution is 7.22. The lowest BCUT2D eigenvalue weighted by molar-refractivity contribution is 0.620. The van der Waals surface area contributed by atoms with E-state index in [1.807, 2.05) is 32.0 Å². The van der Waals surface area contributed by atoms with Crippen molar-refractivity contribution in [1.29, 1.82) is 0 Å². The maximum Gasteiger partial charge on any atom is 0.302 e. The van der Waals surface area contributed by atoms with E-state index < -0.39 is 0 Å². The summed E-state index contributed by atoms with van der Waals surface area (Å²) in [5.41, 5.74) is 4.53. The summed E-state index contributed by atoms with van der Waals surface area (Å²) in [7, 11) is 0. The van der Waals surface area contributed by atoms with Gasteiger partial charge in [0.05, 0.1) is 14.7 Å². The van der Waals surface area contributed by atoms with Crippen LogP contribution in [0.25, 0.3) is 21.3 Å². The van der Waals surface area contributed by atoms with Gasteiger partial charge in [-0.25, -0.2) is 4.98 Å². The van der Waals surface area contributed by atoms with Crippen LogP contribution in [0.3, 0.4) is 0 Å². The van der Waals surface area contributed by atoms with E-state index in [4.69, 9.17) is 27.6 Å². The zero-order valence-corrected chi connectivity index (χ0v) is 14.6. The number of aryl methyl sites for hydroxylation is 2. The smallest absolute Gasteiger partial charge is 0.302 e. The van der Waals surface area contributed by atoms with Gasteiger partial charge in [0.2, 0.25) is 0 Å². The molecular weight excluding hydrogens is 353 g/mol. The maximum atomic E-state index is 6.19. The minimum absolute atomic E-state index is 0.412. The second-order valence-corrected chi connectivity index (χ2v) is 7.04. The molecule has 0 unspecified atom stereocenters. The van der Waals surface area contributed by atoms with Crippen molar-refractivity contribution in [2.75, 3.05) is 5.32 Å². The van der Waals surface area contributed by atoms with Crippen LogP contribution in [0.2, 0.25) is 10.0 Å². The Labute approximate surface area is 146 Å². The molecule has 0 amide bonds. The number of rotatable bonds is 2. The van der Waals surface area contributed by atoms with E-state index in [-0.39, 0.29) is 0 Å². The first-order valence-corrected chi connectivity index (χ1v) is 8.48. The van der Waals surface area contributed by atoms with E-state index in [9.17, 15) is 0 Å². The molecule has 2 aromatic carbocycles. The number of hydrogen-bond acceptors (Lipinski definition) is 5. The fraction of sp³-hybridized carbons (Fsp3) is 0.125.